The zero-order valence-electron chi connectivity index (χ0n) is 13.0. The van der Waals surface area contributed by atoms with Crippen molar-refractivity contribution < 1.29 is 4.79 Å². The highest BCUT2D eigenvalue weighted by atomic mass is 16.2. The summed E-state index contributed by atoms with van der Waals surface area (Å²) in [5, 5.41) is 6.93. The van der Waals surface area contributed by atoms with Crippen molar-refractivity contribution in [2.75, 3.05) is 13.1 Å². The van der Waals surface area contributed by atoms with Gasteiger partial charge in [0.1, 0.15) is 0 Å². The Bertz CT molecular complexity index is 628. The number of carbonyl (C=O) groups is 1. The third-order valence-electron chi connectivity index (χ3n) is 6.83. The molecule has 3 nitrogen and oxygen atoms in total. The van der Waals surface area contributed by atoms with Crippen LogP contribution in [0.4, 0.5) is 0 Å². The Labute approximate surface area is 131 Å². The predicted octanol–water partition coefficient (Wildman–Crippen LogP) is 2.22. The number of rotatable bonds is 2. The van der Waals surface area contributed by atoms with Crippen molar-refractivity contribution in [2.24, 2.45) is 17.3 Å². The number of amides is 1. The van der Waals surface area contributed by atoms with E-state index in [9.17, 15) is 4.79 Å². The van der Waals surface area contributed by atoms with Gasteiger partial charge in [0.2, 0.25) is 5.91 Å². The molecule has 1 aliphatic heterocycles. The highest BCUT2D eigenvalue weighted by molar-refractivity contribution is 5.85. The monoisotopic (exact) mass is 296 g/mol. The third-order valence-corrected chi connectivity index (χ3v) is 6.83. The molecule has 4 aliphatic rings. The van der Waals surface area contributed by atoms with Gasteiger partial charge in [-0.05, 0) is 48.8 Å². The second-order valence-corrected chi connectivity index (χ2v) is 7.82. The fraction of sp³-hybridized carbons (Fsp3) is 0.632. The van der Waals surface area contributed by atoms with Gasteiger partial charge in [0, 0.05) is 18.5 Å². The number of hydrogen-bond acceptors (Lipinski definition) is 2. The van der Waals surface area contributed by atoms with Gasteiger partial charge < -0.3 is 10.6 Å². The summed E-state index contributed by atoms with van der Waals surface area (Å²) in [6.45, 7) is 1.93. The predicted molar refractivity (Wildman–Crippen MR) is 85.6 cm³/mol. The van der Waals surface area contributed by atoms with E-state index < -0.39 is 0 Å². The molecule has 3 unspecified atom stereocenters. The minimum absolute atomic E-state index is 0.103. The maximum Gasteiger partial charge on any atom is 0.228 e. The van der Waals surface area contributed by atoms with Gasteiger partial charge in [0.25, 0.3) is 0 Å². The molecule has 3 fully saturated rings. The summed E-state index contributed by atoms with van der Waals surface area (Å²) in [5.41, 5.74) is 2.88. The molecule has 1 heterocycles. The van der Waals surface area contributed by atoms with Crippen molar-refractivity contribution in [2.45, 2.75) is 44.1 Å². The highest BCUT2D eigenvalue weighted by Gasteiger charge is 2.58. The lowest BCUT2D eigenvalue weighted by atomic mass is 9.67. The molecule has 22 heavy (non-hydrogen) atoms. The zero-order valence-corrected chi connectivity index (χ0v) is 13.0. The van der Waals surface area contributed by atoms with Crippen LogP contribution >= 0.6 is 0 Å². The van der Waals surface area contributed by atoms with E-state index in [2.05, 4.69) is 34.9 Å². The maximum absolute atomic E-state index is 13.0. The molecule has 0 aromatic heterocycles. The van der Waals surface area contributed by atoms with Gasteiger partial charge in [-0.3, -0.25) is 4.79 Å². The summed E-state index contributed by atoms with van der Waals surface area (Å²) in [6.07, 6.45) is 5.96. The molecule has 5 atom stereocenters. The molecule has 1 amide bonds. The first kappa shape index (κ1) is 13.1. The smallest absolute Gasteiger partial charge is 0.228 e. The summed E-state index contributed by atoms with van der Waals surface area (Å²) in [4.78, 5) is 13.0. The standard InChI is InChI=1S/C19H24N2O/c22-18(19-8-4-3-6-13(19)10-20-11-19)21-17-15-9-12-5-1-2-7-14(12)16(15)17/h1-2,5,7,13,15-17,20H,3-4,6,8-11H2,(H,21,22)/t13-,15?,16?,17?,19+/m0/s1. The molecular weight excluding hydrogens is 272 g/mol. The van der Waals surface area contributed by atoms with E-state index in [0.717, 1.165) is 25.9 Å². The Morgan fingerprint density at radius 3 is 3.14 bits per heavy atom. The van der Waals surface area contributed by atoms with Crippen LogP contribution in [0.15, 0.2) is 24.3 Å². The Balaban J connectivity index is 1.33. The average Bonchev–Trinajstić information content (AvgIpc) is 2.93. The summed E-state index contributed by atoms with van der Waals surface area (Å²) in [7, 11) is 0. The lowest BCUT2D eigenvalue weighted by Gasteiger charge is -2.37. The molecule has 5 rings (SSSR count). The molecule has 2 saturated carbocycles. The normalized spacial score (nSPS) is 41.5. The first-order valence-corrected chi connectivity index (χ1v) is 8.89. The Kier molecular flexibility index (Phi) is 2.73. The van der Waals surface area contributed by atoms with Crippen LogP contribution in [-0.4, -0.2) is 25.0 Å². The van der Waals surface area contributed by atoms with Gasteiger partial charge in [-0.2, -0.15) is 0 Å². The molecule has 1 aromatic rings. The number of nitrogens with one attached hydrogen (secondary N) is 2. The van der Waals surface area contributed by atoms with E-state index >= 15 is 0 Å². The molecular formula is C19H24N2O. The highest BCUT2D eigenvalue weighted by Crippen LogP contribution is 2.56. The molecule has 1 aromatic carbocycles. The molecule has 116 valence electrons. The topological polar surface area (TPSA) is 41.1 Å². The fourth-order valence-corrected chi connectivity index (χ4v) is 5.53. The van der Waals surface area contributed by atoms with E-state index in [-0.39, 0.29) is 5.41 Å². The van der Waals surface area contributed by atoms with Crippen LogP contribution in [-0.2, 0) is 11.2 Å². The molecule has 3 aliphatic carbocycles. The number of benzene rings is 1. The SMILES string of the molecule is O=C(NC1C2Cc3ccccc3C21)[C@@]12CCCC[C@H]1CNC2. The summed E-state index contributed by atoms with van der Waals surface area (Å²) in [6, 6.07) is 9.17. The van der Waals surface area contributed by atoms with E-state index in [4.69, 9.17) is 0 Å². The van der Waals surface area contributed by atoms with Crippen molar-refractivity contribution in [1.82, 2.24) is 10.6 Å². The number of carbonyl (C=O) groups excluding carboxylic acids is 1. The molecule has 0 spiro atoms. The van der Waals surface area contributed by atoms with Gasteiger partial charge in [0.15, 0.2) is 0 Å². The second-order valence-electron chi connectivity index (χ2n) is 7.82. The molecule has 2 N–H and O–H groups in total. The Morgan fingerprint density at radius 1 is 1.27 bits per heavy atom. The van der Waals surface area contributed by atoms with E-state index in [1.54, 1.807) is 0 Å². The molecule has 0 radical (unpaired) electrons. The minimum atomic E-state index is -0.103. The van der Waals surface area contributed by atoms with Crippen LogP contribution in [0.25, 0.3) is 0 Å². The fourth-order valence-electron chi connectivity index (χ4n) is 5.53. The first-order chi connectivity index (χ1) is 10.8. The van der Waals surface area contributed by atoms with Crippen molar-refractivity contribution in [3.63, 3.8) is 0 Å². The number of fused-ring (bicyclic) bond motifs is 4. The summed E-state index contributed by atoms with van der Waals surface area (Å²) >= 11 is 0. The Hall–Kier alpha value is -1.35. The van der Waals surface area contributed by atoms with Crippen molar-refractivity contribution in [3.05, 3.63) is 35.4 Å². The second kappa shape index (κ2) is 4.58. The van der Waals surface area contributed by atoms with Crippen LogP contribution < -0.4 is 10.6 Å². The molecule has 0 bridgehead atoms. The van der Waals surface area contributed by atoms with E-state index in [0.29, 0.717) is 29.7 Å². The Morgan fingerprint density at radius 2 is 2.18 bits per heavy atom. The van der Waals surface area contributed by atoms with Crippen molar-refractivity contribution in [1.29, 1.82) is 0 Å². The van der Waals surface area contributed by atoms with Gasteiger partial charge in [-0.1, -0.05) is 37.1 Å². The van der Waals surface area contributed by atoms with Crippen LogP contribution in [0.1, 0.15) is 42.7 Å². The van der Waals surface area contributed by atoms with Gasteiger partial charge >= 0.3 is 0 Å². The van der Waals surface area contributed by atoms with E-state index in [1.807, 2.05) is 0 Å². The molecule has 1 saturated heterocycles. The average molecular weight is 296 g/mol. The number of hydrogen-bond donors (Lipinski definition) is 2. The lowest BCUT2D eigenvalue weighted by Crippen LogP contribution is -2.49. The van der Waals surface area contributed by atoms with Crippen LogP contribution in [0.3, 0.4) is 0 Å². The van der Waals surface area contributed by atoms with E-state index in [1.165, 1.54) is 30.4 Å². The minimum Gasteiger partial charge on any atom is -0.352 e. The third kappa shape index (κ3) is 1.69. The zero-order chi connectivity index (χ0) is 14.7. The maximum atomic E-state index is 13.0. The van der Waals surface area contributed by atoms with Crippen LogP contribution in [0.5, 0.6) is 0 Å². The van der Waals surface area contributed by atoms with Gasteiger partial charge in [-0.15, -0.1) is 0 Å². The van der Waals surface area contributed by atoms with Gasteiger partial charge in [-0.25, -0.2) is 0 Å². The van der Waals surface area contributed by atoms with Gasteiger partial charge in [0.05, 0.1) is 5.41 Å². The van der Waals surface area contributed by atoms with Crippen molar-refractivity contribution in [3.8, 4) is 0 Å². The largest absolute Gasteiger partial charge is 0.352 e. The first-order valence-electron chi connectivity index (χ1n) is 8.89. The lowest BCUT2D eigenvalue weighted by molar-refractivity contribution is -0.134. The quantitative estimate of drug-likeness (QED) is 0.878. The van der Waals surface area contributed by atoms with Crippen molar-refractivity contribution >= 4 is 5.91 Å². The van der Waals surface area contributed by atoms with Crippen LogP contribution in [0, 0.1) is 17.3 Å². The summed E-state index contributed by atoms with van der Waals surface area (Å²) < 4.78 is 0. The van der Waals surface area contributed by atoms with Crippen LogP contribution in [0.2, 0.25) is 0 Å². The summed E-state index contributed by atoms with van der Waals surface area (Å²) in [5.74, 6) is 2.16. The molecule has 3 heteroatoms.